The molecule has 2 N–H and O–H groups in total. The normalized spacial score (nSPS) is 24.4. The SMILES string of the molecule is COC(C)(OC)c1nc([C@H](O)[C@@H]2OC(C)(C)O[C@@H]2[C@H](O)CO[Si](C)(C)C(C)(C)C)cs1. The molecule has 1 fully saturated rings. The predicted molar refractivity (Wildman–Crippen MR) is 121 cm³/mol. The van der Waals surface area contributed by atoms with Gasteiger partial charge in [0.25, 0.3) is 0 Å². The summed E-state index contributed by atoms with van der Waals surface area (Å²) in [5.74, 6) is -1.97. The number of aliphatic hydroxyl groups is 2. The Morgan fingerprint density at radius 1 is 1.13 bits per heavy atom. The number of methoxy groups -OCH3 is 2. The van der Waals surface area contributed by atoms with Crippen molar-refractivity contribution in [3.8, 4) is 0 Å². The van der Waals surface area contributed by atoms with Gasteiger partial charge in [0.05, 0.1) is 12.3 Å². The second kappa shape index (κ2) is 9.44. The predicted octanol–water partition coefficient (Wildman–Crippen LogP) is 3.54. The zero-order chi connectivity index (χ0) is 23.8. The van der Waals surface area contributed by atoms with Crippen LogP contribution in [-0.4, -0.2) is 68.4 Å². The molecule has 2 heterocycles. The lowest BCUT2D eigenvalue weighted by Gasteiger charge is -2.37. The van der Waals surface area contributed by atoms with Gasteiger partial charge in [-0.05, 0) is 38.9 Å². The first-order chi connectivity index (χ1) is 14.1. The van der Waals surface area contributed by atoms with Crippen molar-refractivity contribution in [2.24, 2.45) is 0 Å². The Labute approximate surface area is 191 Å². The van der Waals surface area contributed by atoms with Crippen LogP contribution in [0.4, 0.5) is 0 Å². The molecule has 0 aliphatic carbocycles. The van der Waals surface area contributed by atoms with Crippen LogP contribution in [0.5, 0.6) is 0 Å². The van der Waals surface area contributed by atoms with Crippen molar-refractivity contribution in [2.75, 3.05) is 20.8 Å². The first kappa shape index (κ1) is 26.8. The van der Waals surface area contributed by atoms with E-state index in [2.05, 4.69) is 38.8 Å². The van der Waals surface area contributed by atoms with Crippen molar-refractivity contribution < 1.29 is 33.6 Å². The van der Waals surface area contributed by atoms with Gasteiger partial charge in [0.15, 0.2) is 19.1 Å². The fraction of sp³-hybridized carbons (Fsp3) is 0.857. The molecule has 0 aromatic carbocycles. The molecule has 180 valence electrons. The van der Waals surface area contributed by atoms with Gasteiger partial charge in [0, 0.05) is 19.6 Å². The third kappa shape index (κ3) is 5.93. The first-order valence-electron chi connectivity index (χ1n) is 10.5. The molecule has 0 radical (unpaired) electrons. The Hall–Kier alpha value is -0.433. The van der Waals surface area contributed by atoms with Gasteiger partial charge in [-0.3, -0.25) is 0 Å². The Kier molecular flexibility index (Phi) is 8.16. The summed E-state index contributed by atoms with van der Waals surface area (Å²) in [5.41, 5.74) is 0.411. The zero-order valence-electron chi connectivity index (χ0n) is 20.4. The summed E-state index contributed by atoms with van der Waals surface area (Å²) in [6.07, 6.45) is -3.63. The molecule has 8 nitrogen and oxygen atoms in total. The standard InChI is InChI=1S/C21H39NO7SSi/c1-19(2,3)31(9,10)27-11-14(23)16-17(29-20(4,5)28-16)15(24)13-12-30-18(22-13)21(6,25-7)26-8/h12,14-17,23-24H,11H2,1-10H3/t14-,15+,16-,17+/m1/s1. The van der Waals surface area contributed by atoms with Gasteiger partial charge in [-0.15, -0.1) is 11.3 Å². The van der Waals surface area contributed by atoms with E-state index in [1.54, 1.807) is 26.2 Å². The van der Waals surface area contributed by atoms with Crippen LogP contribution in [0.2, 0.25) is 18.1 Å². The summed E-state index contributed by atoms with van der Waals surface area (Å²) in [6.45, 7) is 16.1. The monoisotopic (exact) mass is 477 g/mol. The highest BCUT2D eigenvalue weighted by Gasteiger charge is 2.50. The van der Waals surface area contributed by atoms with Crippen LogP contribution in [-0.2, 0) is 29.2 Å². The number of aliphatic hydroxyl groups excluding tert-OH is 2. The largest absolute Gasteiger partial charge is 0.414 e. The Morgan fingerprint density at radius 3 is 2.19 bits per heavy atom. The van der Waals surface area contributed by atoms with E-state index in [1.165, 1.54) is 25.6 Å². The summed E-state index contributed by atoms with van der Waals surface area (Å²) in [4.78, 5) is 4.50. The molecule has 10 heteroatoms. The third-order valence-corrected chi connectivity index (χ3v) is 11.8. The lowest BCUT2D eigenvalue weighted by molar-refractivity contribution is -0.202. The van der Waals surface area contributed by atoms with Crippen LogP contribution >= 0.6 is 11.3 Å². The third-order valence-electron chi connectivity index (χ3n) is 6.27. The maximum Gasteiger partial charge on any atom is 0.218 e. The van der Waals surface area contributed by atoms with Crippen molar-refractivity contribution >= 4 is 19.7 Å². The molecular weight excluding hydrogens is 438 g/mol. The highest BCUT2D eigenvalue weighted by molar-refractivity contribution is 7.09. The van der Waals surface area contributed by atoms with Crippen molar-refractivity contribution in [3.63, 3.8) is 0 Å². The molecule has 0 amide bonds. The molecular formula is C21H39NO7SSi. The average Bonchev–Trinajstić information content (AvgIpc) is 3.29. The van der Waals surface area contributed by atoms with Gasteiger partial charge in [0.2, 0.25) is 5.79 Å². The quantitative estimate of drug-likeness (QED) is 0.411. The van der Waals surface area contributed by atoms with Crippen LogP contribution < -0.4 is 0 Å². The van der Waals surface area contributed by atoms with Gasteiger partial charge >= 0.3 is 0 Å². The van der Waals surface area contributed by atoms with E-state index >= 15 is 0 Å². The molecule has 0 spiro atoms. The van der Waals surface area contributed by atoms with Gasteiger partial charge in [0.1, 0.15) is 24.4 Å². The van der Waals surface area contributed by atoms with E-state index in [9.17, 15) is 10.2 Å². The maximum absolute atomic E-state index is 11.1. The molecule has 1 aliphatic heterocycles. The number of hydrogen-bond donors (Lipinski definition) is 2. The molecule has 1 aliphatic rings. The number of nitrogens with zero attached hydrogens (tertiary/aromatic N) is 1. The zero-order valence-corrected chi connectivity index (χ0v) is 22.2. The minimum absolute atomic E-state index is 0.0181. The van der Waals surface area contributed by atoms with E-state index in [0.717, 1.165) is 0 Å². The van der Waals surface area contributed by atoms with Crippen molar-refractivity contribution in [2.45, 2.75) is 95.7 Å². The Bertz CT molecular complexity index is 730. The summed E-state index contributed by atoms with van der Waals surface area (Å²) < 4.78 is 28.9. The number of rotatable bonds is 9. The van der Waals surface area contributed by atoms with Crippen LogP contribution in [0, 0.1) is 0 Å². The van der Waals surface area contributed by atoms with Crippen molar-refractivity contribution in [1.29, 1.82) is 0 Å². The van der Waals surface area contributed by atoms with Crippen molar-refractivity contribution in [1.82, 2.24) is 4.98 Å². The Morgan fingerprint density at radius 2 is 1.68 bits per heavy atom. The van der Waals surface area contributed by atoms with E-state index in [0.29, 0.717) is 10.7 Å². The molecule has 1 saturated heterocycles. The summed E-state index contributed by atoms with van der Waals surface area (Å²) in [7, 11) is 1.02. The highest BCUT2D eigenvalue weighted by Crippen LogP contribution is 2.40. The highest BCUT2D eigenvalue weighted by atomic mass is 32.1. The van der Waals surface area contributed by atoms with Crippen molar-refractivity contribution in [3.05, 3.63) is 16.1 Å². The minimum Gasteiger partial charge on any atom is -0.414 e. The fourth-order valence-electron chi connectivity index (χ4n) is 3.02. The minimum atomic E-state index is -2.05. The number of aromatic nitrogens is 1. The smallest absolute Gasteiger partial charge is 0.218 e. The van der Waals surface area contributed by atoms with Gasteiger partial charge in [-0.1, -0.05) is 20.8 Å². The van der Waals surface area contributed by atoms with Gasteiger partial charge in [-0.25, -0.2) is 4.98 Å². The summed E-state index contributed by atoms with van der Waals surface area (Å²) in [5, 5.41) is 24.3. The number of hydrogen-bond acceptors (Lipinski definition) is 9. The molecule has 0 unspecified atom stereocenters. The second-order valence-electron chi connectivity index (χ2n) is 10.1. The first-order valence-corrected chi connectivity index (χ1v) is 14.3. The van der Waals surface area contributed by atoms with Gasteiger partial charge < -0.3 is 33.6 Å². The van der Waals surface area contributed by atoms with Crippen LogP contribution in [0.15, 0.2) is 5.38 Å². The van der Waals surface area contributed by atoms with Gasteiger partial charge in [-0.2, -0.15) is 0 Å². The van der Waals surface area contributed by atoms with E-state index in [1.807, 2.05) is 0 Å². The molecule has 0 bridgehead atoms. The number of thiazole rings is 1. The lowest BCUT2D eigenvalue weighted by Crippen LogP contribution is -2.47. The average molecular weight is 478 g/mol. The maximum atomic E-state index is 11.1. The van der Waals surface area contributed by atoms with E-state index < -0.39 is 44.3 Å². The molecule has 4 atom stereocenters. The molecule has 31 heavy (non-hydrogen) atoms. The van der Waals surface area contributed by atoms with E-state index in [4.69, 9.17) is 23.4 Å². The molecule has 1 aromatic heterocycles. The molecule has 2 rings (SSSR count). The van der Waals surface area contributed by atoms with Crippen LogP contribution in [0.1, 0.15) is 58.3 Å². The lowest BCUT2D eigenvalue weighted by atomic mass is 10.0. The van der Waals surface area contributed by atoms with E-state index in [-0.39, 0.29) is 11.6 Å². The van der Waals surface area contributed by atoms with Crippen LogP contribution in [0.25, 0.3) is 0 Å². The molecule has 0 saturated carbocycles. The molecule has 1 aromatic rings. The topological polar surface area (TPSA) is 99.5 Å². The fourth-order valence-corrected chi connectivity index (χ4v) is 5.00. The Balaban J connectivity index is 2.19. The van der Waals surface area contributed by atoms with Crippen LogP contribution in [0.3, 0.4) is 0 Å². The second-order valence-corrected chi connectivity index (χ2v) is 15.7. The summed E-state index contributed by atoms with van der Waals surface area (Å²) in [6, 6.07) is 0. The summed E-state index contributed by atoms with van der Waals surface area (Å²) >= 11 is 1.32. The number of ether oxygens (including phenoxy) is 4.